The van der Waals surface area contributed by atoms with Gasteiger partial charge in [-0.3, -0.25) is 0 Å². The highest BCUT2D eigenvalue weighted by Gasteiger charge is 1.34. The zero-order chi connectivity index (χ0) is 6.83. The second-order valence-electron chi connectivity index (χ2n) is 1.06. The highest BCUT2D eigenvalue weighted by atomic mass is 13.4. The molecule has 0 atom stereocenters. The summed E-state index contributed by atoms with van der Waals surface area (Å²) in [6.07, 6.45) is 4.00. The lowest BCUT2D eigenvalue weighted by atomic mass is 10.2. The van der Waals surface area contributed by atoms with Crippen LogP contribution in [-0.4, -0.2) is 7.85 Å². The maximum absolute atomic E-state index is 4.67. The van der Waals surface area contributed by atoms with Gasteiger partial charge in [0.15, 0.2) is 7.85 Å². The summed E-state index contributed by atoms with van der Waals surface area (Å²) in [7, 11) is 4.67. The molecule has 2 radical (unpaired) electrons. The number of allylic oxidation sites excluding steroid dienone is 2. The van der Waals surface area contributed by atoms with E-state index in [2.05, 4.69) is 19.6 Å². The van der Waals surface area contributed by atoms with Crippen molar-refractivity contribution < 1.29 is 0 Å². The van der Waals surface area contributed by atoms with Gasteiger partial charge in [0.05, 0.1) is 0 Å². The molecule has 0 aromatic rings. The van der Waals surface area contributed by atoms with E-state index in [0.717, 1.165) is 0 Å². The van der Waals surface area contributed by atoms with Crippen LogP contribution in [0.15, 0.2) is 12.2 Å². The Hall–Kier alpha value is -0.635. The molecule has 0 saturated heterocycles. The summed E-state index contributed by atoms with van der Waals surface area (Å²) in [5, 5.41) is 0. The molecule has 0 heterocycles. The normalized spacial score (nSPS) is 6.38. The Bertz CT molecular complexity index is 82.7. The lowest BCUT2D eigenvalue weighted by Crippen LogP contribution is -1.41. The monoisotopic (exact) mass is 106 g/mol. The smallest absolute Gasteiger partial charge is 0.172 e. The van der Waals surface area contributed by atoms with Crippen LogP contribution >= 0.6 is 0 Å². The first-order valence-electron chi connectivity index (χ1n) is 2.53. The third-order valence-corrected chi connectivity index (χ3v) is 0.478. The van der Waals surface area contributed by atoms with Crippen molar-refractivity contribution in [3.8, 4) is 11.7 Å². The van der Waals surface area contributed by atoms with Crippen LogP contribution in [0.25, 0.3) is 0 Å². The van der Waals surface area contributed by atoms with Gasteiger partial charge in [-0.2, -0.15) is 5.82 Å². The molecule has 0 nitrogen and oxygen atoms in total. The van der Waals surface area contributed by atoms with Crippen molar-refractivity contribution in [3.63, 3.8) is 0 Å². The summed E-state index contributed by atoms with van der Waals surface area (Å²) >= 11 is 0. The number of hydrogen-bond acceptors (Lipinski definition) is 0. The van der Waals surface area contributed by atoms with Crippen molar-refractivity contribution >= 4 is 7.85 Å². The molecule has 42 valence electrons. The minimum Gasteiger partial charge on any atom is -0.172 e. The molecule has 0 unspecified atom stereocenters. The van der Waals surface area contributed by atoms with E-state index in [0.29, 0.717) is 0 Å². The fourth-order valence-corrected chi connectivity index (χ4v) is 0. The van der Waals surface area contributed by atoms with E-state index < -0.39 is 0 Å². The molecule has 0 amide bonds. The molecule has 0 aliphatic rings. The molecule has 0 bridgehead atoms. The summed E-state index contributed by atoms with van der Waals surface area (Å²) in [5.41, 5.74) is 0. The Morgan fingerprint density at radius 3 is 1.50 bits per heavy atom. The second-order valence-corrected chi connectivity index (χ2v) is 1.06. The quantitative estimate of drug-likeness (QED) is 0.250. The highest BCUT2D eigenvalue weighted by molar-refractivity contribution is 6.22. The summed E-state index contributed by atoms with van der Waals surface area (Å²) in [6.45, 7) is 5.69. The molecular formula is C7H11B. The largest absolute Gasteiger partial charge is 0.187 e. The second kappa shape index (κ2) is 16.2. The molecule has 0 aromatic heterocycles. The highest BCUT2D eigenvalue weighted by Crippen LogP contribution is 1.57. The summed E-state index contributed by atoms with van der Waals surface area (Å²) in [6, 6.07) is 0. The third kappa shape index (κ3) is 54.9. The van der Waals surface area contributed by atoms with Crippen molar-refractivity contribution in [2.75, 3.05) is 0 Å². The average molecular weight is 106 g/mol. The molecule has 0 fully saturated rings. The van der Waals surface area contributed by atoms with Crippen molar-refractivity contribution in [2.24, 2.45) is 0 Å². The molecule has 0 aromatic carbocycles. The van der Waals surface area contributed by atoms with Crippen molar-refractivity contribution in [1.82, 2.24) is 0 Å². The van der Waals surface area contributed by atoms with Gasteiger partial charge in [-0.1, -0.05) is 12.2 Å². The summed E-state index contributed by atoms with van der Waals surface area (Å²) < 4.78 is 0. The van der Waals surface area contributed by atoms with Crippen molar-refractivity contribution in [1.29, 1.82) is 0 Å². The first-order chi connectivity index (χ1) is 3.83. The SMILES string of the molecule is C/C=C/C.[B]C#CC. The van der Waals surface area contributed by atoms with Gasteiger partial charge < -0.3 is 0 Å². The molecule has 8 heavy (non-hydrogen) atoms. The lowest BCUT2D eigenvalue weighted by Gasteiger charge is -1.49. The Balaban J connectivity index is 0. The van der Waals surface area contributed by atoms with E-state index in [1.54, 1.807) is 6.92 Å². The average Bonchev–Trinajstić information content (AvgIpc) is 1.88. The van der Waals surface area contributed by atoms with Gasteiger partial charge in [0.2, 0.25) is 0 Å². The summed E-state index contributed by atoms with van der Waals surface area (Å²) in [4.78, 5) is 0. The van der Waals surface area contributed by atoms with Gasteiger partial charge in [0.1, 0.15) is 0 Å². The molecule has 0 N–H and O–H groups in total. The van der Waals surface area contributed by atoms with Crippen LogP contribution in [0.3, 0.4) is 0 Å². The molecule has 1 heteroatoms. The van der Waals surface area contributed by atoms with E-state index in [1.807, 2.05) is 26.0 Å². The Labute approximate surface area is 53.4 Å². The minimum absolute atomic E-state index is 1.69. The van der Waals surface area contributed by atoms with Gasteiger partial charge in [-0.15, -0.1) is 5.92 Å². The van der Waals surface area contributed by atoms with Crippen molar-refractivity contribution in [2.45, 2.75) is 20.8 Å². The minimum atomic E-state index is 1.69. The van der Waals surface area contributed by atoms with E-state index in [4.69, 9.17) is 0 Å². The van der Waals surface area contributed by atoms with Crippen LogP contribution in [0.1, 0.15) is 20.8 Å². The standard InChI is InChI=1S/C4H8.C3H3B/c1-3-4-2;1-2-3-4/h3-4H,1-2H3;1H3/b4-3+;. The van der Waals surface area contributed by atoms with Gasteiger partial charge >= 0.3 is 0 Å². The van der Waals surface area contributed by atoms with Gasteiger partial charge in [-0.25, -0.2) is 0 Å². The fraction of sp³-hybridized carbons (Fsp3) is 0.429. The van der Waals surface area contributed by atoms with Gasteiger partial charge in [0.25, 0.3) is 0 Å². The fourth-order valence-electron chi connectivity index (χ4n) is 0. The van der Waals surface area contributed by atoms with Crippen LogP contribution < -0.4 is 0 Å². The van der Waals surface area contributed by atoms with Gasteiger partial charge in [0, 0.05) is 0 Å². The zero-order valence-corrected chi connectivity index (χ0v) is 5.73. The lowest BCUT2D eigenvalue weighted by molar-refractivity contribution is 1.64. The predicted molar refractivity (Wildman–Crippen MR) is 39.7 cm³/mol. The van der Waals surface area contributed by atoms with Crippen LogP contribution in [0.4, 0.5) is 0 Å². The molecule has 0 saturated carbocycles. The molecule has 0 aliphatic carbocycles. The molecule has 0 spiro atoms. The first-order valence-corrected chi connectivity index (χ1v) is 2.53. The van der Waals surface area contributed by atoms with Crippen LogP contribution in [0.5, 0.6) is 0 Å². The topological polar surface area (TPSA) is 0 Å². The number of hydrogen-bond donors (Lipinski definition) is 0. The van der Waals surface area contributed by atoms with Gasteiger partial charge in [-0.05, 0) is 20.8 Å². The Kier molecular flexibility index (Phi) is 21.0. The Morgan fingerprint density at radius 1 is 1.25 bits per heavy atom. The maximum Gasteiger partial charge on any atom is 0.187 e. The summed E-state index contributed by atoms with van der Waals surface area (Å²) in [5.74, 6) is 4.64. The predicted octanol–water partition coefficient (Wildman–Crippen LogP) is 1.72. The zero-order valence-electron chi connectivity index (χ0n) is 5.73. The van der Waals surface area contributed by atoms with Crippen LogP contribution in [-0.2, 0) is 0 Å². The van der Waals surface area contributed by atoms with Crippen LogP contribution in [0.2, 0.25) is 0 Å². The van der Waals surface area contributed by atoms with Crippen molar-refractivity contribution in [3.05, 3.63) is 12.2 Å². The maximum atomic E-state index is 4.67. The van der Waals surface area contributed by atoms with E-state index >= 15 is 0 Å². The molecular weight excluding hydrogens is 94.9 g/mol. The van der Waals surface area contributed by atoms with E-state index in [1.165, 1.54) is 0 Å². The van der Waals surface area contributed by atoms with E-state index in [-0.39, 0.29) is 0 Å². The first kappa shape index (κ1) is 10.4. The van der Waals surface area contributed by atoms with Crippen LogP contribution in [0, 0.1) is 11.7 Å². The molecule has 0 aliphatic heterocycles. The molecule has 0 rings (SSSR count). The number of rotatable bonds is 0. The third-order valence-electron chi connectivity index (χ3n) is 0.478. The van der Waals surface area contributed by atoms with E-state index in [9.17, 15) is 0 Å². The Morgan fingerprint density at radius 2 is 1.50 bits per heavy atom.